The number of aromatic nitrogens is 1. The maximum absolute atomic E-state index is 10.6. The second kappa shape index (κ2) is 3.45. The van der Waals surface area contributed by atoms with Crippen LogP contribution in [-0.4, -0.2) is 9.81 Å². The van der Waals surface area contributed by atoms with Crippen molar-refractivity contribution in [2.75, 3.05) is 5.32 Å². The Morgan fingerprint density at radius 3 is 2.83 bits per heavy atom. The van der Waals surface area contributed by atoms with Crippen LogP contribution in [0.15, 0.2) is 30.7 Å². The van der Waals surface area contributed by atoms with Crippen molar-refractivity contribution in [3.63, 3.8) is 0 Å². The lowest BCUT2D eigenvalue weighted by molar-refractivity contribution is -0.108. The molecule has 0 atom stereocenters. The fourth-order valence-corrected chi connectivity index (χ4v) is 0.848. The lowest BCUT2D eigenvalue weighted by Gasteiger charge is -2.00. The van der Waals surface area contributed by atoms with E-state index in [2.05, 4.69) is 11.9 Å². The van der Waals surface area contributed by atoms with Gasteiger partial charge in [0.15, 0.2) is 0 Å². The monoisotopic (exact) mass is 184 g/mol. The van der Waals surface area contributed by atoms with E-state index in [0.29, 0.717) is 0 Å². The highest BCUT2D eigenvalue weighted by atomic mass is 35.5. The summed E-state index contributed by atoms with van der Waals surface area (Å²) < 4.78 is 1.86. The van der Waals surface area contributed by atoms with Crippen LogP contribution < -0.4 is 5.32 Å². The second-order valence-corrected chi connectivity index (χ2v) is 2.79. The summed E-state index contributed by atoms with van der Waals surface area (Å²) in [6.07, 6.45) is 3.68. The first-order valence-electron chi connectivity index (χ1n) is 3.37. The SMILES string of the molecule is C=C(Nc1ccn(C)c1)C(=O)Cl. The number of halogens is 1. The molecule has 0 aliphatic rings. The smallest absolute Gasteiger partial charge is 0.268 e. The van der Waals surface area contributed by atoms with E-state index >= 15 is 0 Å². The van der Waals surface area contributed by atoms with Crippen molar-refractivity contribution < 1.29 is 4.79 Å². The molecular formula is C8H9ClN2O. The molecular weight excluding hydrogens is 176 g/mol. The molecule has 12 heavy (non-hydrogen) atoms. The lowest BCUT2D eigenvalue weighted by atomic mass is 10.4. The van der Waals surface area contributed by atoms with Gasteiger partial charge in [0.1, 0.15) is 0 Å². The highest BCUT2D eigenvalue weighted by Crippen LogP contribution is 2.10. The Kier molecular flexibility index (Phi) is 2.55. The molecule has 1 N–H and O–H groups in total. The van der Waals surface area contributed by atoms with Crippen LogP contribution in [-0.2, 0) is 11.8 Å². The topological polar surface area (TPSA) is 34.0 Å². The van der Waals surface area contributed by atoms with E-state index in [4.69, 9.17) is 11.6 Å². The first-order valence-corrected chi connectivity index (χ1v) is 3.75. The predicted molar refractivity (Wildman–Crippen MR) is 49.0 cm³/mol. The Bertz CT molecular complexity index is 317. The highest BCUT2D eigenvalue weighted by Gasteiger charge is 2.02. The lowest BCUT2D eigenvalue weighted by Crippen LogP contribution is -2.03. The van der Waals surface area contributed by atoms with Gasteiger partial charge >= 0.3 is 0 Å². The van der Waals surface area contributed by atoms with Crippen LogP contribution in [0.5, 0.6) is 0 Å². The predicted octanol–water partition coefficient (Wildman–Crippen LogP) is 1.72. The van der Waals surface area contributed by atoms with Gasteiger partial charge in [0, 0.05) is 19.4 Å². The summed E-state index contributed by atoms with van der Waals surface area (Å²) in [5, 5.41) is 2.19. The number of aryl methyl sites for hydroxylation is 1. The van der Waals surface area contributed by atoms with Crippen molar-refractivity contribution in [1.82, 2.24) is 4.57 Å². The normalized spacial score (nSPS) is 9.50. The summed E-state index contributed by atoms with van der Waals surface area (Å²) in [6, 6.07) is 1.82. The van der Waals surface area contributed by atoms with Gasteiger partial charge in [0.05, 0.1) is 11.4 Å². The molecule has 3 nitrogen and oxygen atoms in total. The molecule has 0 bridgehead atoms. The Labute approximate surface area is 75.6 Å². The zero-order valence-corrected chi connectivity index (χ0v) is 7.43. The summed E-state index contributed by atoms with van der Waals surface area (Å²) >= 11 is 5.18. The van der Waals surface area contributed by atoms with Crippen molar-refractivity contribution in [2.45, 2.75) is 0 Å². The third kappa shape index (κ3) is 2.13. The van der Waals surface area contributed by atoms with Gasteiger partial charge < -0.3 is 9.88 Å². The zero-order chi connectivity index (χ0) is 9.14. The minimum Gasteiger partial charge on any atom is -0.355 e. The molecule has 0 aliphatic carbocycles. The Hall–Kier alpha value is -1.22. The van der Waals surface area contributed by atoms with Crippen LogP contribution in [0.4, 0.5) is 5.69 Å². The zero-order valence-electron chi connectivity index (χ0n) is 6.67. The summed E-state index contributed by atoms with van der Waals surface area (Å²) in [7, 11) is 1.89. The maximum Gasteiger partial charge on any atom is 0.268 e. The van der Waals surface area contributed by atoms with Crippen molar-refractivity contribution in [3.05, 3.63) is 30.7 Å². The molecule has 0 amide bonds. The highest BCUT2D eigenvalue weighted by molar-refractivity contribution is 6.67. The fourth-order valence-electron chi connectivity index (χ4n) is 0.801. The van der Waals surface area contributed by atoms with Crippen molar-refractivity contribution in [2.24, 2.45) is 7.05 Å². The molecule has 1 heterocycles. The number of hydrogen-bond acceptors (Lipinski definition) is 2. The molecule has 0 fully saturated rings. The van der Waals surface area contributed by atoms with E-state index < -0.39 is 5.24 Å². The Balaban J connectivity index is 2.64. The molecule has 0 radical (unpaired) electrons. The van der Waals surface area contributed by atoms with Crippen LogP contribution in [0.25, 0.3) is 0 Å². The van der Waals surface area contributed by atoms with Crippen molar-refractivity contribution >= 4 is 22.5 Å². The standard InChI is InChI=1S/C8H9ClN2O/c1-6(8(9)12)10-7-3-4-11(2)5-7/h3-5,10H,1H2,2H3. The minimum absolute atomic E-state index is 0.183. The van der Waals surface area contributed by atoms with Crippen LogP contribution in [0, 0.1) is 0 Å². The summed E-state index contributed by atoms with van der Waals surface area (Å²) in [5.74, 6) is 0. The van der Waals surface area contributed by atoms with Crippen LogP contribution in [0.2, 0.25) is 0 Å². The maximum atomic E-state index is 10.6. The molecule has 64 valence electrons. The molecule has 0 spiro atoms. The summed E-state index contributed by atoms with van der Waals surface area (Å²) in [6.45, 7) is 3.46. The van der Waals surface area contributed by atoms with Gasteiger partial charge in [-0.3, -0.25) is 4.79 Å². The van der Waals surface area contributed by atoms with E-state index in [1.165, 1.54) is 0 Å². The molecule has 0 aromatic carbocycles. The number of nitrogens with one attached hydrogen (secondary N) is 1. The number of hydrogen-bond donors (Lipinski definition) is 1. The van der Waals surface area contributed by atoms with E-state index in [-0.39, 0.29) is 5.70 Å². The van der Waals surface area contributed by atoms with E-state index in [9.17, 15) is 4.79 Å². The van der Waals surface area contributed by atoms with Gasteiger partial charge in [-0.1, -0.05) is 6.58 Å². The molecule has 0 aliphatic heterocycles. The van der Waals surface area contributed by atoms with Gasteiger partial charge in [-0.2, -0.15) is 0 Å². The molecule has 4 heteroatoms. The van der Waals surface area contributed by atoms with Gasteiger partial charge in [-0.15, -0.1) is 0 Å². The third-order valence-electron chi connectivity index (χ3n) is 1.36. The van der Waals surface area contributed by atoms with Crippen LogP contribution >= 0.6 is 11.6 Å². The van der Waals surface area contributed by atoms with Gasteiger partial charge in [-0.25, -0.2) is 0 Å². The molecule has 0 unspecified atom stereocenters. The van der Waals surface area contributed by atoms with Gasteiger partial charge in [0.2, 0.25) is 0 Å². The first-order chi connectivity index (χ1) is 5.59. The van der Waals surface area contributed by atoms with Crippen LogP contribution in [0.3, 0.4) is 0 Å². The van der Waals surface area contributed by atoms with Crippen molar-refractivity contribution in [3.8, 4) is 0 Å². The molecule has 1 rings (SSSR count). The fraction of sp³-hybridized carbons (Fsp3) is 0.125. The number of anilines is 1. The second-order valence-electron chi connectivity index (χ2n) is 2.44. The summed E-state index contributed by atoms with van der Waals surface area (Å²) in [5.41, 5.74) is 0.986. The molecule has 0 saturated carbocycles. The van der Waals surface area contributed by atoms with Crippen LogP contribution in [0.1, 0.15) is 0 Å². The largest absolute Gasteiger partial charge is 0.355 e. The quantitative estimate of drug-likeness (QED) is 0.573. The number of allylic oxidation sites excluding steroid dienone is 1. The average molecular weight is 185 g/mol. The number of nitrogens with zero attached hydrogens (tertiary/aromatic N) is 1. The number of rotatable bonds is 3. The molecule has 0 saturated heterocycles. The third-order valence-corrected chi connectivity index (χ3v) is 1.59. The molecule has 1 aromatic heterocycles. The number of carbonyl (C=O) groups excluding carboxylic acids is 1. The average Bonchev–Trinajstić information content (AvgIpc) is 2.35. The Morgan fingerprint density at radius 2 is 2.42 bits per heavy atom. The molecule has 1 aromatic rings. The van der Waals surface area contributed by atoms with E-state index in [1.807, 2.05) is 30.1 Å². The first kappa shape index (κ1) is 8.87. The summed E-state index contributed by atoms with van der Waals surface area (Å²) in [4.78, 5) is 10.6. The Morgan fingerprint density at radius 1 is 1.75 bits per heavy atom. The van der Waals surface area contributed by atoms with E-state index in [1.54, 1.807) is 0 Å². The van der Waals surface area contributed by atoms with Crippen molar-refractivity contribution in [1.29, 1.82) is 0 Å². The van der Waals surface area contributed by atoms with Gasteiger partial charge in [0.25, 0.3) is 5.24 Å². The minimum atomic E-state index is -0.571. The van der Waals surface area contributed by atoms with Gasteiger partial charge in [-0.05, 0) is 17.7 Å². The number of carbonyl (C=O) groups is 1. The van der Waals surface area contributed by atoms with E-state index in [0.717, 1.165) is 5.69 Å².